The van der Waals surface area contributed by atoms with E-state index >= 15 is 0 Å². The highest BCUT2D eigenvalue weighted by Crippen LogP contribution is 2.41. The van der Waals surface area contributed by atoms with Crippen molar-refractivity contribution in [1.82, 2.24) is 4.90 Å². The van der Waals surface area contributed by atoms with Crippen LogP contribution in [0.4, 0.5) is 0 Å². The van der Waals surface area contributed by atoms with Crippen molar-refractivity contribution in [2.24, 2.45) is 10.8 Å². The lowest BCUT2D eigenvalue weighted by atomic mass is 9.66. The maximum Gasteiger partial charge on any atom is 0.309 e. The first kappa shape index (κ1) is 13.4. The molecule has 1 unspecified atom stereocenters. The topological polar surface area (TPSA) is 40.5 Å². The Morgan fingerprint density at radius 1 is 1.21 bits per heavy atom. The highest BCUT2D eigenvalue weighted by atomic mass is 16.4. The van der Waals surface area contributed by atoms with Gasteiger partial charge in [-0.15, -0.1) is 0 Å². The smallest absolute Gasteiger partial charge is 0.309 e. The van der Waals surface area contributed by atoms with Gasteiger partial charge < -0.3 is 10.0 Å². The number of aliphatic carboxylic acids is 1. The zero-order chi connectivity index (χ0) is 11.6. The van der Waals surface area contributed by atoms with Gasteiger partial charge in [-0.25, -0.2) is 0 Å². The first-order valence-corrected chi connectivity index (χ1v) is 4.99. The van der Waals surface area contributed by atoms with Crippen LogP contribution in [0.5, 0.6) is 0 Å². The molecule has 3 heteroatoms. The molecule has 0 aliphatic rings. The maximum absolute atomic E-state index is 11.3. The van der Waals surface area contributed by atoms with Crippen molar-refractivity contribution in [3.63, 3.8) is 0 Å². The van der Waals surface area contributed by atoms with Crippen LogP contribution in [-0.4, -0.2) is 36.6 Å². The highest BCUT2D eigenvalue weighted by Gasteiger charge is 2.43. The molecule has 84 valence electrons. The van der Waals surface area contributed by atoms with Gasteiger partial charge in [-0.2, -0.15) is 0 Å². The van der Waals surface area contributed by atoms with Gasteiger partial charge in [0.2, 0.25) is 0 Å². The van der Waals surface area contributed by atoms with Crippen LogP contribution in [0.2, 0.25) is 0 Å². The molecule has 0 aliphatic heterocycles. The summed E-state index contributed by atoms with van der Waals surface area (Å²) in [6.45, 7) is 8.59. The minimum absolute atomic E-state index is 0.213. The highest BCUT2D eigenvalue weighted by molar-refractivity contribution is 5.75. The second-order valence-electron chi connectivity index (χ2n) is 5.44. The van der Waals surface area contributed by atoms with Crippen molar-refractivity contribution in [3.05, 3.63) is 0 Å². The average molecular weight is 201 g/mol. The lowest BCUT2D eigenvalue weighted by molar-refractivity contribution is -0.155. The third kappa shape index (κ3) is 2.98. The van der Waals surface area contributed by atoms with E-state index in [1.807, 2.05) is 46.7 Å². The van der Waals surface area contributed by atoms with Gasteiger partial charge in [-0.05, 0) is 39.4 Å². The lowest BCUT2D eigenvalue weighted by Crippen LogP contribution is -2.42. The van der Waals surface area contributed by atoms with E-state index in [0.717, 1.165) is 6.54 Å². The summed E-state index contributed by atoms with van der Waals surface area (Å²) in [5.41, 5.74) is -0.869. The van der Waals surface area contributed by atoms with Crippen LogP contribution in [0.3, 0.4) is 0 Å². The van der Waals surface area contributed by atoms with Crippen LogP contribution < -0.4 is 0 Å². The molecular weight excluding hydrogens is 178 g/mol. The second-order valence-corrected chi connectivity index (χ2v) is 5.44. The Kier molecular flexibility index (Phi) is 4.13. The van der Waals surface area contributed by atoms with Gasteiger partial charge in [0, 0.05) is 0 Å². The fourth-order valence-electron chi connectivity index (χ4n) is 1.25. The Balaban J connectivity index is 4.67. The summed E-state index contributed by atoms with van der Waals surface area (Å²) in [6.07, 6.45) is 0.679. The number of carboxylic acid groups (broad SMARTS) is 1. The fourth-order valence-corrected chi connectivity index (χ4v) is 1.25. The SMILES string of the molecule is CN(C)CCC(C)(C(=O)O)C(C)(C)C. The van der Waals surface area contributed by atoms with E-state index < -0.39 is 11.4 Å². The van der Waals surface area contributed by atoms with E-state index in [2.05, 4.69) is 0 Å². The van der Waals surface area contributed by atoms with Gasteiger partial charge in [-0.3, -0.25) is 4.79 Å². The zero-order valence-electron chi connectivity index (χ0n) is 10.2. The summed E-state index contributed by atoms with van der Waals surface area (Å²) in [5.74, 6) is -0.702. The van der Waals surface area contributed by atoms with Crippen LogP contribution in [0.1, 0.15) is 34.1 Å². The molecule has 0 saturated heterocycles. The lowest BCUT2D eigenvalue weighted by Gasteiger charge is -2.38. The van der Waals surface area contributed by atoms with E-state index in [0.29, 0.717) is 6.42 Å². The number of hydrogen-bond acceptors (Lipinski definition) is 2. The van der Waals surface area contributed by atoms with Crippen LogP contribution in [-0.2, 0) is 4.79 Å². The van der Waals surface area contributed by atoms with E-state index in [-0.39, 0.29) is 5.41 Å². The third-order valence-electron chi connectivity index (χ3n) is 3.19. The molecule has 14 heavy (non-hydrogen) atoms. The predicted octanol–water partition coefficient (Wildman–Crippen LogP) is 2.08. The quantitative estimate of drug-likeness (QED) is 0.757. The molecule has 0 saturated carbocycles. The monoisotopic (exact) mass is 201 g/mol. The molecule has 0 bridgehead atoms. The van der Waals surface area contributed by atoms with Crippen LogP contribution >= 0.6 is 0 Å². The summed E-state index contributed by atoms with van der Waals surface area (Å²) in [6, 6.07) is 0. The molecule has 0 aromatic rings. The number of carbonyl (C=O) groups is 1. The Hall–Kier alpha value is -0.570. The third-order valence-corrected chi connectivity index (χ3v) is 3.19. The Morgan fingerprint density at radius 2 is 1.64 bits per heavy atom. The molecule has 1 N–H and O–H groups in total. The van der Waals surface area contributed by atoms with Gasteiger partial charge in [0.25, 0.3) is 0 Å². The van der Waals surface area contributed by atoms with Gasteiger partial charge in [0.1, 0.15) is 0 Å². The minimum atomic E-state index is -0.702. The van der Waals surface area contributed by atoms with Crippen molar-refractivity contribution in [3.8, 4) is 0 Å². The maximum atomic E-state index is 11.3. The second kappa shape index (κ2) is 4.30. The molecule has 3 nitrogen and oxygen atoms in total. The van der Waals surface area contributed by atoms with Crippen molar-refractivity contribution in [1.29, 1.82) is 0 Å². The zero-order valence-corrected chi connectivity index (χ0v) is 10.2. The van der Waals surface area contributed by atoms with Gasteiger partial charge in [0.15, 0.2) is 0 Å². The van der Waals surface area contributed by atoms with Crippen LogP contribution in [0.15, 0.2) is 0 Å². The average Bonchev–Trinajstić information content (AvgIpc) is 1.97. The number of nitrogens with zero attached hydrogens (tertiary/aromatic N) is 1. The van der Waals surface area contributed by atoms with E-state index in [1.54, 1.807) is 0 Å². The Bertz CT molecular complexity index is 206. The van der Waals surface area contributed by atoms with Crippen molar-refractivity contribution in [2.45, 2.75) is 34.1 Å². The predicted molar refractivity (Wildman–Crippen MR) is 58.4 cm³/mol. The van der Waals surface area contributed by atoms with Crippen molar-refractivity contribution >= 4 is 5.97 Å². The molecule has 0 aromatic heterocycles. The fraction of sp³-hybridized carbons (Fsp3) is 0.909. The van der Waals surface area contributed by atoms with Crippen LogP contribution in [0.25, 0.3) is 0 Å². The van der Waals surface area contributed by atoms with E-state index in [4.69, 9.17) is 0 Å². The summed E-state index contributed by atoms with van der Waals surface area (Å²) >= 11 is 0. The molecule has 0 aliphatic carbocycles. The van der Waals surface area contributed by atoms with Crippen molar-refractivity contribution < 1.29 is 9.90 Å². The number of carboxylic acids is 1. The molecule has 0 radical (unpaired) electrons. The van der Waals surface area contributed by atoms with Gasteiger partial charge >= 0.3 is 5.97 Å². The van der Waals surface area contributed by atoms with E-state index in [1.165, 1.54) is 0 Å². The van der Waals surface area contributed by atoms with E-state index in [9.17, 15) is 9.90 Å². The summed E-state index contributed by atoms with van der Waals surface area (Å²) in [5, 5.41) is 9.26. The molecule has 0 spiro atoms. The first-order valence-electron chi connectivity index (χ1n) is 4.99. The molecule has 0 fully saturated rings. The van der Waals surface area contributed by atoms with Crippen molar-refractivity contribution in [2.75, 3.05) is 20.6 Å². The van der Waals surface area contributed by atoms with Gasteiger partial charge in [-0.1, -0.05) is 20.8 Å². The Morgan fingerprint density at radius 3 is 1.86 bits per heavy atom. The molecule has 0 rings (SSSR count). The largest absolute Gasteiger partial charge is 0.481 e. The summed E-state index contributed by atoms with van der Waals surface area (Å²) < 4.78 is 0. The minimum Gasteiger partial charge on any atom is -0.481 e. The number of hydrogen-bond donors (Lipinski definition) is 1. The Labute approximate surface area is 87.1 Å². The number of rotatable bonds is 4. The normalized spacial score (nSPS) is 16.8. The molecule has 1 atom stereocenters. The summed E-state index contributed by atoms with van der Waals surface area (Å²) in [4.78, 5) is 13.3. The molecule has 0 heterocycles. The molecular formula is C11H23NO2. The van der Waals surface area contributed by atoms with Crippen LogP contribution in [0, 0.1) is 10.8 Å². The summed E-state index contributed by atoms with van der Waals surface area (Å²) in [7, 11) is 3.93. The standard InChI is InChI=1S/C11H23NO2/c1-10(2,3)11(4,9(13)14)7-8-12(5)6/h7-8H2,1-6H3,(H,13,14). The van der Waals surface area contributed by atoms with Gasteiger partial charge in [0.05, 0.1) is 5.41 Å². The molecule has 0 aromatic carbocycles. The molecule has 0 amide bonds. The first-order chi connectivity index (χ1) is 6.11.